The first-order chi connectivity index (χ1) is 26.2. The summed E-state index contributed by atoms with van der Waals surface area (Å²) in [5.41, 5.74) is 23.2. The number of aromatic nitrogens is 1. The summed E-state index contributed by atoms with van der Waals surface area (Å²) < 4.78 is 0. The Morgan fingerprint density at radius 2 is 1.57 bits per heavy atom. The van der Waals surface area contributed by atoms with Crippen LogP contribution in [0.15, 0.2) is 198 Å². The number of thioether (sulfide) groups is 1. The zero-order valence-electron chi connectivity index (χ0n) is 31.5. The monoisotopic (exact) mass is 720 g/mol. The van der Waals surface area contributed by atoms with Gasteiger partial charge in [-0.05, 0) is 109 Å². The van der Waals surface area contributed by atoms with Crippen molar-refractivity contribution in [2.75, 3.05) is 5.73 Å². The van der Waals surface area contributed by atoms with E-state index in [9.17, 15) is 0 Å². The quantitative estimate of drug-likeness (QED) is 0.141. The van der Waals surface area contributed by atoms with Gasteiger partial charge in [-0.3, -0.25) is 0 Å². The van der Waals surface area contributed by atoms with Crippen LogP contribution in [0.4, 0.5) is 5.69 Å². The molecule has 0 spiro atoms. The molecule has 0 radical (unpaired) electrons. The molecule has 0 amide bonds. The summed E-state index contributed by atoms with van der Waals surface area (Å²) in [6.07, 6.45) is 31.6. The minimum atomic E-state index is 0.679. The molecule has 1 aliphatic heterocycles. The maximum atomic E-state index is 7.16. The lowest BCUT2D eigenvalue weighted by atomic mass is 9.95. The number of aromatic amines is 1. The number of anilines is 1. The smallest absolute Gasteiger partial charge is 0.0535 e. The van der Waals surface area contributed by atoms with Crippen LogP contribution in [0.2, 0.25) is 0 Å². The van der Waals surface area contributed by atoms with Crippen molar-refractivity contribution in [1.29, 1.82) is 0 Å². The van der Waals surface area contributed by atoms with Gasteiger partial charge in [-0.2, -0.15) is 0 Å². The van der Waals surface area contributed by atoms with Crippen LogP contribution in [0.3, 0.4) is 0 Å². The van der Waals surface area contributed by atoms with Crippen LogP contribution >= 0.6 is 11.8 Å². The van der Waals surface area contributed by atoms with Gasteiger partial charge in [0, 0.05) is 37.9 Å². The summed E-state index contributed by atoms with van der Waals surface area (Å²) in [5, 5.41) is 0. The normalized spacial score (nSPS) is 19.6. The van der Waals surface area contributed by atoms with Crippen LogP contribution in [-0.2, 0) is 6.42 Å². The molecule has 3 N–H and O–H groups in total. The molecule has 1 aromatic heterocycles. The van der Waals surface area contributed by atoms with Gasteiger partial charge in [0.1, 0.15) is 0 Å². The van der Waals surface area contributed by atoms with Crippen molar-refractivity contribution >= 4 is 40.7 Å². The third-order valence-electron chi connectivity index (χ3n) is 9.57. The van der Waals surface area contributed by atoms with Crippen LogP contribution in [-0.4, -0.2) is 4.98 Å². The number of nitrogen functional groups attached to an aromatic ring is 1. The largest absolute Gasteiger partial charge is 0.397 e. The summed E-state index contributed by atoms with van der Waals surface area (Å²) in [7, 11) is 0. The number of fused-ring (bicyclic) bond motifs is 3. The highest BCUT2D eigenvalue weighted by molar-refractivity contribution is 8.03. The molecule has 2 heterocycles. The molecule has 0 saturated heterocycles. The molecule has 6 rings (SSSR count). The number of H-pyrrole nitrogens is 1. The van der Waals surface area contributed by atoms with E-state index in [4.69, 9.17) is 5.73 Å². The number of nitrogens with one attached hydrogen (secondary N) is 1. The first-order valence-electron chi connectivity index (χ1n) is 18.4. The summed E-state index contributed by atoms with van der Waals surface area (Å²) in [4.78, 5) is 5.61. The summed E-state index contributed by atoms with van der Waals surface area (Å²) in [6, 6.07) is 25.3. The fraction of sp³-hybridized carbons (Fsp3) is 0.0980. The molecular formula is C51H48N2S. The lowest BCUT2D eigenvalue weighted by Crippen LogP contribution is -1.98. The highest BCUT2D eigenvalue weighted by atomic mass is 32.2. The number of hydrogen-bond acceptors (Lipinski definition) is 2. The molecule has 2 bridgehead atoms. The zero-order chi connectivity index (χ0) is 38.0. The van der Waals surface area contributed by atoms with E-state index < -0.39 is 0 Å². The Balaban J connectivity index is 1.65. The zero-order valence-corrected chi connectivity index (χ0v) is 32.3. The molecule has 1 aliphatic carbocycles. The first kappa shape index (κ1) is 37.7. The third kappa shape index (κ3) is 8.94. The number of rotatable bonds is 8. The molecule has 2 aliphatic rings. The van der Waals surface area contributed by atoms with Crippen molar-refractivity contribution in [3.63, 3.8) is 0 Å². The lowest BCUT2D eigenvalue weighted by molar-refractivity contribution is 0.938. The number of hydrogen-bond donors (Lipinski definition) is 2. The van der Waals surface area contributed by atoms with E-state index in [1.807, 2.05) is 30.4 Å². The molecule has 4 aromatic rings. The molecule has 0 fully saturated rings. The van der Waals surface area contributed by atoms with Crippen LogP contribution in [0.25, 0.3) is 34.4 Å². The average Bonchev–Trinajstić information content (AvgIpc) is 3.50. The van der Waals surface area contributed by atoms with Crippen molar-refractivity contribution < 1.29 is 0 Å². The van der Waals surface area contributed by atoms with Crippen molar-refractivity contribution in [2.24, 2.45) is 0 Å². The molecule has 3 heteroatoms. The molecule has 2 nitrogen and oxygen atoms in total. The van der Waals surface area contributed by atoms with E-state index >= 15 is 0 Å². The standard InChI is InChI=1S/C51H48N2S/c1-7-9-10-13-20-39-29-35(3)27-28-42(40-21-14-11-15-22-40)32-45(37(5)31-47-38(6)53-48-26-19-18-25-44(47)48)49(8-2)54-50-34-43(41-23-16-12-17-24-41)33-46(51(50)52)36(4)30-39/h7-18,20-25,27-34,53H,1-2,4,19,26,52H2,3,5-6H3/b10-9-,20-13?,28-27?,35-29+,37-31-,39-30-,42-32+,49-45-. The van der Waals surface area contributed by atoms with Crippen LogP contribution in [0.1, 0.15) is 53.9 Å². The maximum absolute atomic E-state index is 7.16. The molecule has 268 valence electrons. The molecule has 54 heavy (non-hydrogen) atoms. The van der Waals surface area contributed by atoms with Gasteiger partial charge in [-0.25, -0.2) is 0 Å². The van der Waals surface area contributed by atoms with Crippen LogP contribution in [0, 0.1) is 6.92 Å². The Morgan fingerprint density at radius 3 is 2.30 bits per heavy atom. The highest BCUT2D eigenvalue weighted by Crippen LogP contribution is 2.43. The van der Waals surface area contributed by atoms with Gasteiger partial charge in [-0.1, -0.05) is 165 Å². The number of nitrogens with two attached hydrogens (primary N) is 1. The van der Waals surface area contributed by atoms with Crippen molar-refractivity contribution in [1.82, 2.24) is 4.98 Å². The third-order valence-corrected chi connectivity index (χ3v) is 10.7. The van der Waals surface area contributed by atoms with E-state index in [0.29, 0.717) is 5.69 Å². The van der Waals surface area contributed by atoms with Crippen molar-refractivity contribution in [3.05, 3.63) is 226 Å². The van der Waals surface area contributed by atoms with Crippen molar-refractivity contribution in [3.8, 4) is 11.1 Å². The summed E-state index contributed by atoms with van der Waals surface area (Å²) in [5.74, 6) is 0. The van der Waals surface area contributed by atoms with E-state index in [1.165, 1.54) is 22.5 Å². The Bertz CT molecular complexity index is 2360. The van der Waals surface area contributed by atoms with E-state index in [-0.39, 0.29) is 0 Å². The molecule has 0 atom stereocenters. The van der Waals surface area contributed by atoms with Gasteiger partial charge < -0.3 is 10.7 Å². The number of allylic oxidation sites excluding steroid dienone is 18. The van der Waals surface area contributed by atoms with Gasteiger partial charge in [0.2, 0.25) is 0 Å². The summed E-state index contributed by atoms with van der Waals surface area (Å²) in [6.45, 7) is 19.3. The predicted molar refractivity (Wildman–Crippen MR) is 239 cm³/mol. The minimum Gasteiger partial charge on any atom is -0.397 e. The minimum absolute atomic E-state index is 0.679. The van der Waals surface area contributed by atoms with Gasteiger partial charge >= 0.3 is 0 Å². The van der Waals surface area contributed by atoms with E-state index in [0.717, 1.165) is 78.3 Å². The van der Waals surface area contributed by atoms with Gasteiger partial charge in [0.15, 0.2) is 0 Å². The van der Waals surface area contributed by atoms with Crippen molar-refractivity contribution in [2.45, 2.75) is 38.5 Å². The second-order valence-electron chi connectivity index (χ2n) is 13.5. The fourth-order valence-corrected chi connectivity index (χ4v) is 7.83. The second kappa shape index (κ2) is 17.7. The first-order valence-corrected chi connectivity index (χ1v) is 19.2. The lowest BCUT2D eigenvalue weighted by Gasteiger charge is -2.18. The molecule has 0 unspecified atom stereocenters. The topological polar surface area (TPSA) is 41.8 Å². The van der Waals surface area contributed by atoms with E-state index in [2.05, 4.69) is 167 Å². The Morgan fingerprint density at radius 1 is 0.833 bits per heavy atom. The summed E-state index contributed by atoms with van der Waals surface area (Å²) >= 11 is 1.65. The average molecular weight is 721 g/mol. The van der Waals surface area contributed by atoms with Crippen LogP contribution < -0.4 is 5.73 Å². The highest BCUT2D eigenvalue weighted by Gasteiger charge is 2.18. The second-order valence-corrected chi connectivity index (χ2v) is 14.6. The SMILES string of the molecule is C=C/C=C\C=CC1=C/C(=C)c2cc(-c3ccccc3)cc(c2N)S/C(C=C)=C(\C(C)=C/c2c(C)[nH]c3c2C=CCC3)/C=C(/c2ccccc2)C=C\C(C)=C\1. The Kier molecular flexibility index (Phi) is 12.3. The van der Waals surface area contributed by atoms with Crippen LogP contribution in [0.5, 0.6) is 0 Å². The molecule has 0 saturated carbocycles. The van der Waals surface area contributed by atoms with Gasteiger partial charge in [0.25, 0.3) is 0 Å². The number of aryl methyl sites for hydroxylation is 2. The number of benzene rings is 3. The Hall–Kier alpha value is -6.03. The fourth-order valence-electron chi connectivity index (χ4n) is 6.77. The maximum Gasteiger partial charge on any atom is 0.0535 e. The predicted octanol–water partition coefficient (Wildman–Crippen LogP) is 14.0. The molecule has 3 aromatic carbocycles. The Labute approximate surface area is 326 Å². The van der Waals surface area contributed by atoms with Gasteiger partial charge in [-0.15, -0.1) is 0 Å². The van der Waals surface area contributed by atoms with Gasteiger partial charge in [0.05, 0.1) is 5.69 Å². The van der Waals surface area contributed by atoms with E-state index in [1.54, 1.807) is 17.8 Å². The molecular weight excluding hydrogens is 673 g/mol.